The van der Waals surface area contributed by atoms with Crippen molar-refractivity contribution in [2.45, 2.75) is 56.2 Å². The topological polar surface area (TPSA) is 37.4 Å². The van der Waals surface area contributed by atoms with Gasteiger partial charge in [0, 0.05) is 17.9 Å². The van der Waals surface area contributed by atoms with Crippen molar-refractivity contribution in [3.8, 4) is 0 Å². The van der Waals surface area contributed by atoms with E-state index in [1.165, 1.54) is 0 Å². The summed E-state index contributed by atoms with van der Waals surface area (Å²) in [4.78, 5) is 0. The second-order valence-corrected chi connectivity index (χ2v) is 7.68. The second-order valence-electron chi connectivity index (χ2n) is 4.87. The van der Waals surface area contributed by atoms with Crippen LogP contribution in [-0.2, 0) is 10.0 Å². The van der Waals surface area contributed by atoms with Gasteiger partial charge in [0.15, 0.2) is 0 Å². The highest BCUT2D eigenvalue weighted by Crippen LogP contribution is 2.31. The molecule has 1 saturated heterocycles. The van der Waals surface area contributed by atoms with E-state index < -0.39 is 10.0 Å². The Balaban J connectivity index is 2.13. The highest BCUT2D eigenvalue weighted by atomic mass is 79.9. The number of hydrogen-bond donors (Lipinski definition) is 0. The van der Waals surface area contributed by atoms with Crippen LogP contribution in [0.1, 0.15) is 44.9 Å². The summed E-state index contributed by atoms with van der Waals surface area (Å²) >= 11 is 3.45. The Morgan fingerprint density at radius 1 is 1.06 bits per heavy atom. The van der Waals surface area contributed by atoms with Crippen molar-refractivity contribution >= 4 is 26.0 Å². The average molecular weight is 310 g/mol. The van der Waals surface area contributed by atoms with Gasteiger partial charge in [0.2, 0.25) is 10.0 Å². The van der Waals surface area contributed by atoms with Crippen molar-refractivity contribution in [1.29, 1.82) is 0 Å². The lowest BCUT2D eigenvalue weighted by atomic mass is 10.1. The Morgan fingerprint density at radius 2 is 1.69 bits per heavy atom. The third kappa shape index (κ3) is 2.46. The van der Waals surface area contributed by atoms with Gasteiger partial charge in [-0.15, -0.1) is 0 Å². The molecule has 1 aliphatic heterocycles. The number of sulfonamides is 1. The first-order valence-electron chi connectivity index (χ1n) is 6.23. The van der Waals surface area contributed by atoms with E-state index in [0.717, 1.165) is 56.8 Å². The second kappa shape index (κ2) is 5.36. The summed E-state index contributed by atoms with van der Waals surface area (Å²) in [7, 11) is -3.02. The van der Waals surface area contributed by atoms with Gasteiger partial charge in [-0.05, 0) is 25.7 Å². The van der Waals surface area contributed by atoms with Gasteiger partial charge >= 0.3 is 0 Å². The molecule has 1 unspecified atom stereocenters. The van der Waals surface area contributed by atoms with Crippen LogP contribution < -0.4 is 0 Å². The van der Waals surface area contributed by atoms with Crippen molar-refractivity contribution < 1.29 is 8.42 Å². The van der Waals surface area contributed by atoms with Crippen LogP contribution in [0.2, 0.25) is 0 Å². The van der Waals surface area contributed by atoms with Gasteiger partial charge in [-0.1, -0.05) is 35.2 Å². The Hall–Kier alpha value is 0.390. The Bertz CT molecular complexity index is 325. The van der Waals surface area contributed by atoms with E-state index in [9.17, 15) is 8.42 Å². The van der Waals surface area contributed by atoms with Gasteiger partial charge in [0.1, 0.15) is 0 Å². The van der Waals surface area contributed by atoms with Gasteiger partial charge in [-0.25, -0.2) is 8.42 Å². The molecule has 0 bridgehead atoms. The molecular formula is C11H20BrNO2S. The molecule has 0 aromatic heterocycles. The van der Waals surface area contributed by atoms with Crippen LogP contribution in [0.5, 0.6) is 0 Å². The molecule has 2 rings (SSSR count). The fraction of sp³-hybridized carbons (Fsp3) is 1.00. The van der Waals surface area contributed by atoms with Crippen LogP contribution in [0.4, 0.5) is 0 Å². The molecule has 0 aromatic carbocycles. The van der Waals surface area contributed by atoms with E-state index in [-0.39, 0.29) is 11.3 Å². The van der Waals surface area contributed by atoms with Crippen molar-refractivity contribution in [1.82, 2.24) is 4.31 Å². The molecule has 1 atom stereocenters. The molecule has 0 radical (unpaired) electrons. The Kier molecular flexibility index (Phi) is 4.30. The van der Waals surface area contributed by atoms with E-state index in [4.69, 9.17) is 0 Å². The van der Waals surface area contributed by atoms with Gasteiger partial charge in [0.05, 0.1) is 5.25 Å². The molecule has 3 nitrogen and oxygen atoms in total. The summed E-state index contributed by atoms with van der Waals surface area (Å²) in [6.07, 6.45) is 7.09. The summed E-state index contributed by atoms with van der Waals surface area (Å²) in [5.74, 6) is 0. The molecule has 16 heavy (non-hydrogen) atoms. The number of piperidine rings is 1. The molecule has 0 N–H and O–H groups in total. The molecule has 2 fully saturated rings. The lowest BCUT2D eigenvalue weighted by Crippen LogP contribution is -2.47. The molecule has 94 valence electrons. The summed E-state index contributed by atoms with van der Waals surface area (Å²) in [5, 5.41) is 0.686. The van der Waals surface area contributed by atoms with Crippen molar-refractivity contribution in [2.24, 2.45) is 0 Å². The minimum Gasteiger partial charge on any atom is -0.212 e. The van der Waals surface area contributed by atoms with E-state index in [1.807, 2.05) is 0 Å². The third-order valence-electron chi connectivity index (χ3n) is 3.80. The largest absolute Gasteiger partial charge is 0.217 e. The lowest BCUT2D eigenvalue weighted by molar-refractivity contribution is 0.270. The zero-order valence-corrected chi connectivity index (χ0v) is 12.0. The highest BCUT2D eigenvalue weighted by Gasteiger charge is 2.38. The monoisotopic (exact) mass is 309 g/mol. The predicted octanol–water partition coefficient (Wildman–Crippen LogP) is 2.51. The molecule has 2 aliphatic rings. The smallest absolute Gasteiger partial charge is 0.212 e. The third-order valence-corrected chi connectivity index (χ3v) is 7.00. The highest BCUT2D eigenvalue weighted by molar-refractivity contribution is 9.09. The summed E-state index contributed by atoms with van der Waals surface area (Å²) in [5.41, 5.74) is 0. The maximum Gasteiger partial charge on any atom is 0.217 e. The van der Waals surface area contributed by atoms with Crippen LogP contribution in [0.3, 0.4) is 0 Å². The van der Waals surface area contributed by atoms with Crippen LogP contribution in [-0.4, -0.2) is 35.9 Å². The average Bonchev–Trinajstić information content (AvgIpc) is 2.83. The molecule has 0 spiro atoms. The number of alkyl halides is 1. The molecule has 1 saturated carbocycles. The SMILES string of the molecule is O=S(=O)(C1CCCC1)N1CCCCC1CBr. The van der Waals surface area contributed by atoms with E-state index in [2.05, 4.69) is 15.9 Å². The molecule has 5 heteroatoms. The minimum atomic E-state index is -3.02. The standard InChI is InChI=1S/C11H20BrNO2S/c12-9-10-5-3-4-8-13(10)16(14,15)11-6-1-2-7-11/h10-11H,1-9H2. The maximum atomic E-state index is 12.5. The van der Waals surface area contributed by atoms with Crippen molar-refractivity contribution in [3.05, 3.63) is 0 Å². The molecule has 1 aliphatic carbocycles. The molecule has 1 heterocycles. The Labute approximate surface area is 107 Å². The fourth-order valence-corrected chi connectivity index (χ4v) is 6.00. The van der Waals surface area contributed by atoms with Crippen molar-refractivity contribution in [3.63, 3.8) is 0 Å². The predicted molar refractivity (Wildman–Crippen MR) is 69.3 cm³/mol. The van der Waals surface area contributed by atoms with Gasteiger partial charge < -0.3 is 0 Å². The summed E-state index contributed by atoms with van der Waals surface area (Å²) < 4.78 is 26.7. The number of hydrogen-bond acceptors (Lipinski definition) is 2. The van der Waals surface area contributed by atoms with Crippen LogP contribution >= 0.6 is 15.9 Å². The zero-order chi connectivity index (χ0) is 11.6. The maximum absolute atomic E-state index is 12.5. The first kappa shape index (κ1) is 12.8. The van der Waals surface area contributed by atoms with E-state index in [0.29, 0.717) is 0 Å². The van der Waals surface area contributed by atoms with Gasteiger partial charge in [-0.3, -0.25) is 0 Å². The summed E-state index contributed by atoms with van der Waals surface area (Å²) in [6.45, 7) is 0.731. The lowest BCUT2D eigenvalue weighted by Gasteiger charge is -2.35. The van der Waals surface area contributed by atoms with E-state index in [1.54, 1.807) is 4.31 Å². The molecule has 0 amide bonds. The van der Waals surface area contributed by atoms with E-state index >= 15 is 0 Å². The van der Waals surface area contributed by atoms with Gasteiger partial charge in [-0.2, -0.15) is 4.31 Å². The first-order valence-corrected chi connectivity index (χ1v) is 8.85. The van der Waals surface area contributed by atoms with Crippen LogP contribution in [0.25, 0.3) is 0 Å². The number of nitrogens with zero attached hydrogens (tertiary/aromatic N) is 1. The first-order chi connectivity index (χ1) is 7.66. The normalized spacial score (nSPS) is 29.7. The number of halogens is 1. The Morgan fingerprint density at radius 3 is 2.31 bits per heavy atom. The fourth-order valence-electron chi connectivity index (χ4n) is 2.84. The minimum absolute atomic E-state index is 0.0906. The zero-order valence-electron chi connectivity index (χ0n) is 9.57. The van der Waals surface area contributed by atoms with Crippen molar-refractivity contribution in [2.75, 3.05) is 11.9 Å². The quantitative estimate of drug-likeness (QED) is 0.751. The number of rotatable bonds is 3. The van der Waals surface area contributed by atoms with Gasteiger partial charge in [0.25, 0.3) is 0 Å². The molecular weight excluding hydrogens is 290 g/mol. The van der Waals surface area contributed by atoms with Crippen LogP contribution in [0.15, 0.2) is 0 Å². The van der Waals surface area contributed by atoms with Crippen LogP contribution in [0, 0.1) is 0 Å². The summed E-state index contributed by atoms with van der Waals surface area (Å²) in [6, 6.07) is 0.194. The molecule has 0 aromatic rings.